The van der Waals surface area contributed by atoms with Crippen LogP contribution in [0.3, 0.4) is 0 Å². The number of fused-ring (bicyclic) bond motifs is 1. The van der Waals surface area contributed by atoms with Gasteiger partial charge in [0.25, 0.3) is 15.9 Å². The molecule has 0 aliphatic carbocycles. The number of ether oxygens (including phenoxy) is 1. The molecular weight excluding hydrogens is 314 g/mol. The number of carbonyl (C=O) groups is 1. The Bertz CT molecular complexity index is 814. The minimum Gasteiger partial charge on any atom is -0.368 e. The molecule has 0 fully saturated rings. The van der Waals surface area contributed by atoms with E-state index >= 15 is 0 Å². The Labute approximate surface area is 136 Å². The van der Waals surface area contributed by atoms with Crippen molar-refractivity contribution in [3.05, 3.63) is 55.1 Å². The normalized spacial score (nSPS) is 12.7. The van der Waals surface area contributed by atoms with Crippen molar-refractivity contribution in [1.29, 1.82) is 0 Å². The number of benzene rings is 2. The predicted molar refractivity (Wildman–Crippen MR) is 89.5 cm³/mol. The Morgan fingerprint density at radius 1 is 1.26 bits per heavy atom. The van der Waals surface area contributed by atoms with E-state index in [1.807, 2.05) is 29.0 Å². The molecule has 23 heavy (non-hydrogen) atoms. The van der Waals surface area contributed by atoms with Crippen LogP contribution in [0.1, 0.15) is 13.3 Å². The number of carbonyl (C=O) groups excluding carboxylic acids is 1. The molecule has 0 aliphatic rings. The Hall–Kier alpha value is -2.18. The lowest BCUT2D eigenvalue weighted by Crippen LogP contribution is -2.38. The van der Waals surface area contributed by atoms with Gasteiger partial charge >= 0.3 is 0 Å². The van der Waals surface area contributed by atoms with Crippen LogP contribution >= 0.6 is 0 Å². The van der Waals surface area contributed by atoms with Gasteiger partial charge in [0.05, 0.1) is 11.5 Å². The van der Waals surface area contributed by atoms with Gasteiger partial charge < -0.3 is 4.74 Å². The highest BCUT2D eigenvalue weighted by atomic mass is 32.2. The number of sulfonamides is 1. The summed E-state index contributed by atoms with van der Waals surface area (Å²) in [6.07, 6.45) is 1.40. The molecule has 1 atom stereocenters. The fraction of sp³-hybridized carbons (Fsp3) is 0.235. The second kappa shape index (κ2) is 7.39. The quantitative estimate of drug-likeness (QED) is 0.624. The molecule has 0 radical (unpaired) electrons. The van der Waals surface area contributed by atoms with Crippen LogP contribution in [0.15, 0.2) is 60.0 Å². The molecule has 0 aromatic heterocycles. The second-order valence-corrected chi connectivity index (χ2v) is 6.75. The maximum absolute atomic E-state index is 12.3. The number of amides is 1. The van der Waals surface area contributed by atoms with E-state index in [0.717, 1.165) is 10.8 Å². The molecule has 0 heterocycles. The third-order valence-corrected chi connectivity index (χ3v) is 4.67. The number of hydrogen-bond donors (Lipinski definition) is 1. The number of rotatable bonds is 7. The van der Waals surface area contributed by atoms with Gasteiger partial charge in [0.2, 0.25) is 0 Å². The fourth-order valence-corrected chi connectivity index (χ4v) is 3.09. The van der Waals surface area contributed by atoms with E-state index in [1.165, 1.54) is 19.1 Å². The van der Waals surface area contributed by atoms with E-state index in [-0.39, 0.29) is 4.90 Å². The van der Waals surface area contributed by atoms with Crippen LogP contribution in [0, 0.1) is 0 Å². The second-order valence-electron chi connectivity index (χ2n) is 5.07. The molecule has 1 N–H and O–H groups in total. The summed E-state index contributed by atoms with van der Waals surface area (Å²) in [5, 5.41) is 1.72. The van der Waals surface area contributed by atoms with E-state index < -0.39 is 22.0 Å². The SMILES string of the molecule is C=CCCOC(C)C(=O)NS(=O)(=O)c1ccc2ccccc2c1. The molecule has 1 unspecified atom stereocenters. The summed E-state index contributed by atoms with van der Waals surface area (Å²) in [5.41, 5.74) is 0. The lowest BCUT2D eigenvalue weighted by Gasteiger charge is -2.13. The van der Waals surface area contributed by atoms with Crippen molar-refractivity contribution in [2.75, 3.05) is 6.61 Å². The molecule has 2 rings (SSSR count). The average molecular weight is 333 g/mol. The molecule has 0 saturated carbocycles. The molecule has 0 spiro atoms. The van der Waals surface area contributed by atoms with Crippen LogP contribution in [0.5, 0.6) is 0 Å². The largest absolute Gasteiger partial charge is 0.368 e. The molecule has 0 aliphatic heterocycles. The van der Waals surface area contributed by atoms with Gasteiger partial charge in [-0.25, -0.2) is 13.1 Å². The Morgan fingerprint density at radius 3 is 2.65 bits per heavy atom. The molecule has 2 aromatic rings. The van der Waals surface area contributed by atoms with Crippen LogP contribution in [0.25, 0.3) is 10.8 Å². The topological polar surface area (TPSA) is 72.5 Å². The smallest absolute Gasteiger partial charge is 0.264 e. The zero-order valence-corrected chi connectivity index (χ0v) is 13.7. The van der Waals surface area contributed by atoms with Crippen molar-refractivity contribution in [3.63, 3.8) is 0 Å². The van der Waals surface area contributed by atoms with E-state index in [2.05, 4.69) is 6.58 Å². The van der Waals surface area contributed by atoms with Gasteiger partial charge in [0.1, 0.15) is 6.10 Å². The molecule has 2 aromatic carbocycles. The first-order valence-corrected chi connectivity index (χ1v) is 8.70. The molecule has 0 saturated heterocycles. The highest BCUT2D eigenvalue weighted by Crippen LogP contribution is 2.18. The van der Waals surface area contributed by atoms with Crippen molar-refractivity contribution >= 4 is 26.7 Å². The summed E-state index contributed by atoms with van der Waals surface area (Å²) in [6, 6.07) is 12.1. The summed E-state index contributed by atoms with van der Waals surface area (Å²) in [5.74, 6) is -0.692. The fourth-order valence-electron chi connectivity index (χ4n) is 2.01. The summed E-state index contributed by atoms with van der Waals surface area (Å²) >= 11 is 0. The molecule has 0 bridgehead atoms. The molecule has 122 valence electrons. The lowest BCUT2D eigenvalue weighted by atomic mass is 10.1. The first-order chi connectivity index (χ1) is 10.9. The monoisotopic (exact) mass is 333 g/mol. The van der Waals surface area contributed by atoms with Crippen molar-refractivity contribution < 1.29 is 17.9 Å². The van der Waals surface area contributed by atoms with Gasteiger partial charge in [-0.05, 0) is 36.2 Å². The summed E-state index contributed by atoms with van der Waals surface area (Å²) in [4.78, 5) is 12.0. The van der Waals surface area contributed by atoms with Gasteiger partial charge in [-0.15, -0.1) is 6.58 Å². The standard InChI is InChI=1S/C17H19NO4S/c1-3-4-11-22-13(2)17(19)18-23(20,21)16-10-9-14-7-5-6-8-15(14)12-16/h3,5-10,12-13H,1,4,11H2,2H3,(H,18,19). The van der Waals surface area contributed by atoms with Gasteiger partial charge in [-0.3, -0.25) is 4.79 Å². The lowest BCUT2D eigenvalue weighted by molar-refractivity contribution is -0.129. The van der Waals surface area contributed by atoms with E-state index in [4.69, 9.17) is 4.74 Å². The molecule has 6 heteroatoms. The van der Waals surface area contributed by atoms with E-state index in [1.54, 1.807) is 12.1 Å². The van der Waals surface area contributed by atoms with Crippen molar-refractivity contribution in [1.82, 2.24) is 4.72 Å². The average Bonchev–Trinajstić information content (AvgIpc) is 2.54. The minimum absolute atomic E-state index is 0.0443. The number of hydrogen-bond acceptors (Lipinski definition) is 4. The molecule has 5 nitrogen and oxygen atoms in total. The molecule has 1 amide bonds. The van der Waals surface area contributed by atoms with Crippen LogP contribution in [-0.4, -0.2) is 27.0 Å². The zero-order chi connectivity index (χ0) is 16.9. The van der Waals surface area contributed by atoms with Crippen molar-refractivity contribution in [2.24, 2.45) is 0 Å². The van der Waals surface area contributed by atoms with Gasteiger partial charge in [-0.2, -0.15) is 0 Å². The highest BCUT2D eigenvalue weighted by Gasteiger charge is 2.22. The Morgan fingerprint density at radius 2 is 1.96 bits per heavy atom. The Balaban J connectivity index is 2.13. The van der Waals surface area contributed by atoms with Crippen LogP contribution in [0.2, 0.25) is 0 Å². The van der Waals surface area contributed by atoms with Crippen LogP contribution in [-0.2, 0) is 19.6 Å². The van der Waals surface area contributed by atoms with Gasteiger partial charge in [0.15, 0.2) is 0 Å². The summed E-state index contributed by atoms with van der Waals surface area (Å²) in [6.45, 7) is 5.37. The van der Waals surface area contributed by atoms with Crippen molar-refractivity contribution in [2.45, 2.75) is 24.3 Å². The van der Waals surface area contributed by atoms with Gasteiger partial charge in [0, 0.05) is 0 Å². The Kier molecular flexibility index (Phi) is 5.52. The van der Waals surface area contributed by atoms with E-state index in [0.29, 0.717) is 13.0 Å². The predicted octanol–water partition coefficient (Wildman–Crippen LogP) is 2.63. The van der Waals surface area contributed by atoms with Crippen LogP contribution < -0.4 is 4.72 Å². The number of nitrogens with one attached hydrogen (secondary N) is 1. The molecular formula is C17H19NO4S. The van der Waals surface area contributed by atoms with E-state index in [9.17, 15) is 13.2 Å². The third-order valence-electron chi connectivity index (χ3n) is 3.33. The van der Waals surface area contributed by atoms with Crippen molar-refractivity contribution in [3.8, 4) is 0 Å². The summed E-state index contributed by atoms with van der Waals surface area (Å²) < 4.78 is 31.9. The summed E-state index contributed by atoms with van der Waals surface area (Å²) in [7, 11) is -3.93. The first-order valence-electron chi connectivity index (χ1n) is 7.22. The maximum Gasteiger partial charge on any atom is 0.264 e. The van der Waals surface area contributed by atoms with Gasteiger partial charge in [-0.1, -0.05) is 36.4 Å². The minimum atomic E-state index is -3.93. The first kappa shape index (κ1) is 17.2. The highest BCUT2D eigenvalue weighted by molar-refractivity contribution is 7.90. The maximum atomic E-state index is 12.3. The zero-order valence-electron chi connectivity index (χ0n) is 12.9. The van der Waals surface area contributed by atoms with Crippen LogP contribution in [0.4, 0.5) is 0 Å². The third kappa shape index (κ3) is 4.40.